The fourth-order valence-corrected chi connectivity index (χ4v) is 1.84. The molecule has 1 atom stereocenters. The summed E-state index contributed by atoms with van der Waals surface area (Å²) in [5.74, 6) is 0. The summed E-state index contributed by atoms with van der Waals surface area (Å²) in [6.45, 7) is 0. The first kappa shape index (κ1) is 11.6. The third kappa shape index (κ3) is 2.36. The summed E-state index contributed by atoms with van der Waals surface area (Å²) in [6.07, 6.45) is 1.32. The molecule has 4 N–H and O–H groups in total. The van der Waals surface area contributed by atoms with Crippen LogP contribution in [-0.2, 0) is 4.84 Å². The standard InChI is InChI=1S/C14H14N4O/c15-11-3-1-10(2-4-11)14-17-9-18(19-14)13-7-5-12(16)6-8-13/h1-9,14H,15-16H2. The monoisotopic (exact) mass is 254 g/mol. The summed E-state index contributed by atoms with van der Waals surface area (Å²) in [5.41, 5.74) is 14.6. The van der Waals surface area contributed by atoms with Crippen LogP contribution >= 0.6 is 0 Å². The van der Waals surface area contributed by atoms with Gasteiger partial charge in [0.05, 0.1) is 5.69 Å². The maximum absolute atomic E-state index is 5.74. The van der Waals surface area contributed by atoms with Crippen LogP contribution in [0.1, 0.15) is 11.8 Å². The Kier molecular flexibility index (Phi) is 2.81. The van der Waals surface area contributed by atoms with Crippen molar-refractivity contribution in [1.29, 1.82) is 0 Å². The van der Waals surface area contributed by atoms with E-state index in [0.29, 0.717) is 0 Å². The van der Waals surface area contributed by atoms with Gasteiger partial charge < -0.3 is 11.5 Å². The van der Waals surface area contributed by atoms with Gasteiger partial charge in [-0.1, -0.05) is 12.1 Å². The quantitative estimate of drug-likeness (QED) is 0.806. The molecule has 0 aliphatic carbocycles. The second kappa shape index (κ2) is 4.62. The van der Waals surface area contributed by atoms with Gasteiger partial charge in [0.1, 0.15) is 6.34 Å². The van der Waals surface area contributed by atoms with Crippen LogP contribution in [0.2, 0.25) is 0 Å². The molecule has 2 aromatic rings. The van der Waals surface area contributed by atoms with Gasteiger partial charge in [-0.15, -0.1) is 0 Å². The molecular formula is C14H14N4O. The zero-order valence-electron chi connectivity index (χ0n) is 10.2. The molecule has 1 heterocycles. The lowest BCUT2D eigenvalue weighted by Gasteiger charge is -2.16. The number of nitrogen functional groups attached to an aromatic ring is 2. The van der Waals surface area contributed by atoms with E-state index in [2.05, 4.69) is 4.99 Å². The molecule has 19 heavy (non-hydrogen) atoms. The Balaban J connectivity index is 1.76. The largest absolute Gasteiger partial charge is 0.399 e. The number of hydrogen-bond acceptors (Lipinski definition) is 5. The first-order valence-corrected chi connectivity index (χ1v) is 5.93. The highest BCUT2D eigenvalue weighted by molar-refractivity contribution is 5.78. The molecule has 5 nitrogen and oxygen atoms in total. The van der Waals surface area contributed by atoms with Crippen LogP contribution in [-0.4, -0.2) is 6.34 Å². The predicted octanol–water partition coefficient (Wildman–Crippen LogP) is 2.33. The number of nitrogens with zero attached hydrogens (tertiary/aromatic N) is 2. The molecule has 0 spiro atoms. The normalized spacial score (nSPS) is 17.9. The molecule has 3 rings (SSSR count). The molecule has 0 saturated carbocycles. The van der Waals surface area contributed by atoms with E-state index in [-0.39, 0.29) is 6.23 Å². The topological polar surface area (TPSA) is 76.9 Å². The second-order valence-electron chi connectivity index (χ2n) is 4.31. The van der Waals surface area contributed by atoms with E-state index in [1.54, 1.807) is 11.4 Å². The van der Waals surface area contributed by atoms with Gasteiger partial charge in [-0.3, -0.25) is 0 Å². The Labute approximate surface area is 111 Å². The lowest BCUT2D eigenvalue weighted by molar-refractivity contribution is 0.0876. The highest BCUT2D eigenvalue weighted by Gasteiger charge is 2.21. The third-order valence-electron chi connectivity index (χ3n) is 2.89. The molecule has 96 valence electrons. The van der Waals surface area contributed by atoms with Gasteiger partial charge in [-0.2, -0.15) is 0 Å². The van der Waals surface area contributed by atoms with Crippen molar-refractivity contribution in [2.45, 2.75) is 6.23 Å². The van der Waals surface area contributed by atoms with Gasteiger partial charge in [0, 0.05) is 16.9 Å². The van der Waals surface area contributed by atoms with Gasteiger partial charge >= 0.3 is 0 Å². The van der Waals surface area contributed by atoms with Crippen LogP contribution in [0.15, 0.2) is 53.5 Å². The molecule has 2 aromatic carbocycles. The molecule has 0 aromatic heterocycles. The average molecular weight is 254 g/mol. The van der Waals surface area contributed by atoms with Gasteiger partial charge in [-0.05, 0) is 36.4 Å². The first-order chi connectivity index (χ1) is 9.22. The van der Waals surface area contributed by atoms with Crippen molar-refractivity contribution in [3.8, 4) is 0 Å². The van der Waals surface area contributed by atoms with Gasteiger partial charge in [0.15, 0.2) is 0 Å². The number of hydrogen-bond donors (Lipinski definition) is 2. The molecule has 0 bridgehead atoms. The number of rotatable bonds is 2. The van der Waals surface area contributed by atoms with E-state index < -0.39 is 0 Å². The SMILES string of the molecule is Nc1ccc(C2N=CN(c3ccc(N)cc3)O2)cc1. The summed E-state index contributed by atoms with van der Waals surface area (Å²) in [4.78, 5) is 10.1. The number of aliphatic imine (C=N–C) groups is 1. The van der Waals surface area contributed by atoms with Crippen LogP contribution in [0.25, 0.3) is 0 Å². The van der Waals surface area contributed by atoms with Gasteiger partial charge in [0.25, 0.3) is 0 Å². The van der Waals surface area contributed by atoms with E-state index in [9.17, 15) is 0 Å². The summed E-state index contributed by atoms with van der Waals surface area (Å²) in [5, 5.41) is 1.63. The molecule has 1 aliphatic heterocycles. The Morgan fingerprint density at radius 2 is 1.47 bits per heavy atom. The minimum atomic E-state index is -0.335. The van der Waals surface area contributed by atoms with E-state index in [4.69, 9.17) is 16.3 Å². The lowest BCUT2D eigenvalue weighted by atomic mass is 10.2. The van der Waals surface area contributed by atoms with Crippen molar-refractivity contribution in [3.05, 3.63) is 54.1 Å². The summed E-state index contributed by atoms with van der Waals surface area (Å²) in [7, 11) is 0. The Morgan fingerprint density at radius 1 is 0.895 bits per heavy atom. The fraction of sp³-hybridized carbons (Fsp3) is 0.0714. The zero-order valence-corrected chi connectivity index (χ0v) is 10.2. The van der Waals surface area contributed by atoms with Crippen molar-refractivity contribution in [1.82, 2.24) is 0 Å². The molecule has 0 amide bonds. The molecule has 1 aliphatic rings. The van der Waals surface area contributed by atoms with E-state index >= 15 is 0 Å². The Bertz CT molecular complexity index is 538. The average Bonchev–Trinajstić information content (AvgIpc) is 2.90. The van der Waals surface area contributed by atoms with Crippen molar-refractivity contribution >= 4 is 23.4 Å². The highest BCUT2D eigenvalue weighted by atomic mass is 16.7. The first-order valence-electron chi connectivity index (χ1n) is 5.93. The maximum Gasteiger partial charge on any atom is 0.202 e. The van der Waals surface area contributed by atoms with Crippen LogP contribution in [0.4, 0.5) is 17.1 Å². The minimum Gasteiger partial charge on any atom is -0.399 e. The maximum atomic E-state index is 5.74. The van der Waals surface area contributed by atoms with E-state index in [1.165, 1.54) is 0 Å². The molecule has 0 fully saturated rings. The zero-order chi connectivity index (χ0) is 13.2. The molecule has 0 saturated heterocycles. The smallest absolute Gasteiger partial charge is 0.202 e. The fourth-order valence-electron chi connectivity index (χ4n) is 1.84. The summed E-state index contributed by atoms with van der Waals surface area (Å²) in [6, 6.07) is 14.9. The molecule has 0 radical (unpaired) electrons. The van der Waals surface area contributed by atoms with Gasteiger partial charge in [-0.25, -0.2) is 14.9 Å². The van der Waals surface area contributed by atoms with Crippen LogP contribution in [0.5, 0.6) is 0 Å². The molecule has 1 unspecified atom stereocenters. The Morgan fingerprint density at radius 3 is 2.11 bits per heavy atom. The van der Waals surface area contributed by atoms with Crippen molar-refractivity contribution in [3.63, 3.8) is 0 Å². The van der Waals surface area contributed by atoms with Crippen molar-refractivity contribution < 1.29 is 4.84 Å². The van der Waals surface area contributed by atoms with E-state index in [0.717, 1.165) is 22.6 Å². The molecular weight excluding hydrogens is 240 g/mol. The summed E-state index contributed by atoms with van der Waals surface area (Å²) >= 11 is 0. The Hall–Kier alpha value is -2.53. The molecule has 5 heteroatoms. The van der Waals surface area contributed by atoms with Crippen molar-refractivity contribution in [2.75, 3.05) is 16.5 Å². The minimum absolute atomic E-state index is 0.335. The highest BCUT2D eigenvalue weighted by Crippen LogP contribution is 2.28. The van der Waals surface area contributed by atoms with E-state index in [1.807, 2.05) is 48.5 Å². The van der Waals surface area contributed by atoms with Crippen LogP contribution < -0.4 is 16.5 Å². The number of nitrogens with two attached hydrogens (primary N) is 2. The lowest BCUT2D eigenvalue weighted by Crippen LogP contribution is -2.16. The predicted molar refractivity (Wildman–Crippen MR) is 76.5 cm³/mol. The number of hydroxylamine groups is 1. The number of benzene rings is 2. The van der Waals surface area contributed by atoms with Crippen LogP contribution in [0, 0.1) is 0 Å². The third-order valence-corrected chi connectivity index (χ3v) is 2.89. The summed E-state index contributed by atoms with van der Waals surface area (Å²) < 4.78 is 0. The number of anilines is 3. The van der Waals surface area contributed by atoms with Gasteiger partial charge in [0.2, 0.25) is 6.23 Å². The van der Waals surface area contributed by atoms with Crippen LogP contribution in [0.3, 0.4) is 0 Å². The second-order valence-corrected chi connectivity index (χ2v) is 4.31. The van der Waals surface area contributed by atoms with Crippen molar-refractivity contribution in [2.24, 2.45) is 4.99 Å².